The normalized spacial score (nSPS) is 18.3. The van der Waals surface area contributed by atoms with Gasteiger partial charge in [0.1, 0.15) is 5.82 Å². The summed E-state index contributed by atoms with van der Waals surface area (Å²) in [5.74, 6) is 2.49. The van der Waals surface area contributed by atoms with E-state index in [1.54, 1.807) is 0 Å². The Kier molecular flexibility index (Phi) is 4.56. The van der Waals surface area contributed by atoms with Crippen LogP contribution >= 0.6 is 0 Å². The van der Waals surface area contributed by atoms with Crippen LogP contribution in [-0.4, -0.2) is 23.1 Å². The van der Waals surface area contributed by atoms with Crippen molar-refractivity contribution in [2.24, 2.45) is 5.92 Å². The van der Waals surface area contributed by atoms with Gasteiger partial charge in [-0.15, -0.1) is 0 Å². The largest absolute Gasteiger partial charge is 0.356 e. The minimum Gasteiger partial charge on any atom is -0.356 e. The molecule has 4 nitrogen and oxygen atoms in total. The van der Waals surface area contributed by atoms with Crippen LogP contribution in [0.25, 0.3) is 0 Å². The minimum atomic E-state index is 0.707. The highest BCUT2D eigenvalue weighted by atomic mass is 15.2. The number of nitrogens with zero attached hydrogens (tertiary/aromatic N) is 3. The fourth-order valence-electron chi connectivity index (χ4n) is 2.99. The summed E-state index contributed by atoms with van der Waals surface area (Å²) in [5.41, 5.74) is 2.57. The molecule has 0 saturated carbocycles. The van der Waals surface area contributed by atoms with Crippen molar-refractivity contribution < 1.29 is 0 Å². The third-order valence-electron chi connectivity index (χ3n) is 4.32. The molecule has 116 valence electrons. The van der Waals surface area contributed by atoms with E-state index in [2.05, 4.69) is 58.3 Å². The van der Waals surface area contributed by atoms with Crippen LogP contribution in [0, 0.1) is 12.8 Å². The molecule has 1 aromatic carbocycles. The Morgan fingerprint density at radius 1 is 1.27 bits per heavy atom. The average molecular weight is 296 g/mol. The maximum absolute atomic E-state index is 4.68. The van der Waals surface area contributed by atoms with Crippen LogP contribution in [0.15, 0.2) is 36.5 Å². The summed E-state index contributed by atoms with van der Waals surface area (Å²) >= 11 is 0. The van der Waals surface area contributed by atoms with Crippen molar-refractivity contribution in [3.8, 4) is 0 Å². The van der Waals surface area contributed by atoms with E-state index >= 15 is 0 Å². The Balaban J connectivity index is 1.67. The number of anilines is 2. The molecule has 1 aliphatic rings. The van der Waals surface area contributed by atoms with Gasteiger partial charge in [0.05, 0.1) is 0 Å². The highest BCUT2D eigenvalue weighted by Crippen LogP contribution is 2.21. The zero-order valence-electron chi connectivity index (χ0n) is 13.4. The lowest BCUT2D eigenvalue weighted by Gasteiger charge is -2.31. The van der Waals surface area contributed by atoms with Crippen LogP contribution in [0.4, 0.5) is 11.8 Å². The summed E-state index contributed by atoms with van der Waals surface area (Å²) in [4.78, 5) is 11.4. The Labute approximate surface area is 132 Å². The lowest BCUT2D eigenvalue weighted by atomic mass is 10.0. The second-order valence-corrected chi connectivity index (χ2v) is 6.21. The Bertz CT molecular complexity index is 626. The predicted octanol–water partition coefficient (Wildman–Crippen LogP) is 3.63. The van der Waals surface area contributed by atoms with Crippen molar-refractivity contribution in [2.75, 3.05) is 23.3 Å². The second kappa shape index (κ2) is 6.77. The molecule has 0 aliphatic carbocycles. The first-order valence-electron chi connectivity index (χ1n) is 8.09. The maximum atomic E-state index is 4.68. The van der Waals surface area contributed by atoms with Crippen LogP contribution < -0.4 is 10.2 Å². The van der Waals surface area contributed by atoms with Gasteiger partial charge in [-0.25, -0.2) is 4.98 Å². The molecule has 1 aliphatic heterocycles. The van der Waals surface area contributed by atoms with Crippen molar-refractivity contribution in [1.82, 2.24) is 9.97 Å². The average Bonchev–Trinajstić information content (AvgIpc) is 2.54. The van der Waals surface area contributed by atoms with E-state index in [-0.39, 0.29) is 0 Å². The number of nitrogens with one attached hydrogen (secondary N) is 1. The molecule has 2 aromatic rings. The van der Waals surface area contributed by atoms with E-state index < -0.39 is 0 Å². The summed E-state index contributed by atoms with van der Waals surface area (Å²) < 4.78 is 0. The summed E-state index contributed by atoms with van der Waals surface area (Å²) in [6.45, 7) is 7.38. The highest BCUT2D eigenvalue weighted by molar-refractivity contribution is 5.43. The fraction of sp³-hybridized carbons (Fsp3) is 0.444. The molecule has 1 fully saturated rings. The third-order valence-corrected chi connectivity index (χ3v) is 4.32. The Morgan fingerprint density at radius 2 is 2.14 bits per heavy atom. The minimum absolute atomic E-state index is 0.707. The van der Waals surface area contributed by atoms with Crippen molar-refractivity contribution in [3.63, 3.8) is 0 Å². The lowest BCUT2D eigenvalue weighted by Crippen LogP contribution is -2.34. The first-order chi connectivity index (χ1) is 10.7. The van der Waals surface area contributed by atoms with Crippen LogP contribution in [0.5, 0.6) is 0 Å². The Morgan fingerprint density at radius 3 is 2.95 bits per heavy atom. The first kappa shape index (κ1) is 14.8. The van der Waals surface area contributed by atoms with Gasteiger partial charge in [0.15, 0.2) is 0 Å². The molecule has 1 aromatic heterocycles. The molecule has 1 atom stereocenters. The monoisotopic (exact) mass is 296 g/mol. The van der Waals surface area contributed by atoms with Crippen LogP contribution in [0.3, 0.4) is 0 Å². The molecule has 1 unspecified atom stereocenters. The van der Waals surface area contributed by atoms with Gasteiger partial charge in [-0.3, -0.25) is 0 Å². The van der Waals surface area contributed by atoms with E-state index in [1.807, 2.05) is 12.3 Å². The molecule has 0 spiro atoms. The topological polar surface area (TPSA) is 41.1 Å². The molecule has 0 amide bonds. The molecular weight excluding hydrogens is 272 g/mol. The fourth-order valence-corrected chi connectivity index (χ4v) is 2.99. The van der Waals surface area contributed by atoms with Crippen LogP contribution in [-0.2, 0) is 6.54 Å². The number of hydrogen-bond donors (Lipinski definition) is 1. The Hall–Kier alpha value is -2.10. The van der Waals surface area contributed by atoms with Crippen molar-refractivity contribution in [3.05, 3.63) is 47.7 Å². The van der Waals surface area contributed by atoms with Gasteiger partial charge in [0, 0.05) is 25.8 Å². The van der Waals surface area contributed by atoms with Gasteiger partial charge >= 0.3 is 0 Å². The number of hydrogen-bond acceptors (Lipinski definition) is 4. The van der Waals surface area contributed by atoms with Gasteiger partial charge in [-0.2, -0.15) is 4.98 Å². The van der Waals surface area contributed by atoms with Crippen LogP contribution in [0.1, 0.15) is 30.9 Å². The van der Waals surface area contributed by atoms with E-state index in [4.69, 9.17) is 0 Å². The molecule has 0 radical (unpaired) electrons. The van der Waals surface area contributed by atoms with Gasteiger partial charge in [0.2, 0.25) is 5.95 Å². The van der Waals surface area contributed by atoms with Gasteiger partial charge in [-0.1, -0.05) is 31.2 Å². The number of benzene rings is 1. The number of aryl methyl sites for hydroxylation is 1. The predicted molar refractivity (Wildman–Crippen MR) is 91.1 cm³/mol. The molecule has 0 bridgehead atoms. The van der Waals surface area contributed by atoms with Gasteiger partial charge in [-0.05, 0) is 42.9 Å². The SMILES string of the molecule is Cc1ccccc1CNc1nccc(N2CCCC(C)C2)n1. The summed E-state index contributed by atoms with van der Waals surface area (Å²) in [6, 6.07) is 10.4. The molecule has 2 heterocycles. The molecule has 22 heavy (non-hydrogen) atoms. The van der Waals surface area contributed by atoms with Crippen molar-refractivity contribution >= 4 is 11.8 Å². The molecule has 3 rings (SSSR count). The quantitative estimate of drug-likeness (QED) is 0.935. The summed E-state index contributed by atoms with van der Waals surface area (Å²) in [7, 11) is 0. The smallest absolute Gasteiger partial charge is 0.224 e. The van der Waals surface area contributed by atoms with Crippen molar-refractivity contribution in [2.45, 2.75) is 33.2 Å². The van der Waals surface area contributed by atoms with E-state index in [0.29, 0.717) is 5.95 Å². The third kappa shape index (κ3) is 3.56. The van der Waals surface area contributed by atoms with Gasteiger partial charge < -0.3 is 10.2 Å². The number of aromatic nitrogens is 2. The van der Waals surface area contributed by atoms with Gasteiger partial charge in [0.25, 0.3) is 0 Å². The van der Waals surface area contributed by atoms with E-state index in [1.165, 1.54) is 24.0 Å². The first-order valence-corrected chi connectivity index (χ1v) is 8.09. The second-order valence-electron chi connectivity index (χ2n) is 6.21. The maximum Gasteiger partial charge on any atom is 0.224 e. The molecular formula is C18H24N4. The lowest BCUT2D eigenvalue weighted by molar-refractivity contribution is 0.444. The summed E-state index contributed by atoms with van der Waals surface area (Å²) in [5, 5.41) is 3.34. The zero-order valence-corrected chi connectivity index (χ0v) is 13.4. The van der Waals surface area contributed by atoms with E-state index in [9.17, 15) is 0 Å². The number of piperidine rings is 1. The zero-order chi connectivity index (χ0) is 15.4. The van der Waals surface area contributed by atoms with Crippen LogP contribution in [0.2, 0.25) is 0 Å². The molecule has 4 heteroatoms. The highest BCUT2D eigenvalue weighted by Gasteiger charge is 2.17. The molecule has 1 N–H and O–H groups in total. The number of rotatable bonds is 4. The van der Waals surface area contributed by atoms with Crippen molar-refractivity contribution in [1.29, 1.82) is 0 Å². The summed E-state index contributed by atoms with van der Waals surface area (Å²) in [6.07, 6.45) is 4.42. The van der Waals surface area contributed by atoms with E-state index in [0.717, 1.165) is 31.4 Å². The molecule has 1 saturated heterocycles. The standard InChI is InChI=1S/C18H24N4/c1-14-6-5-11-22(13-14)17-9-10-19-18(21-17)20-12-16-8-4-3-7-15(16)2/h3-4,7-10,14H,5-6,11-13H2,1-2H3,(H,19,20,21).